The second-order valence-corrected chi connectivity index (χ2v) is 5.27. The zero-order valence-corrected chi connectivity index (χ0v) is 12.2. The third-order valence-corrected chi connectivity index (χ3v) is 3.41. The van der Waals surface area contributed by atoms with Crippen LogP contribution in [-0.4, -0.2) is 16.1 Å². The van der Waals surface area contributed by atoms with Crippen LogP contribution in [0.4, 0.5) is 4.39 Å². The Labute approximate surface area is 128 Å². The predicted molar refractivity (Wildman–Crippen MR) is 80.9 cm³/mol. The van der Waals surface area contributed by atoms with Gasteiger partial charge in [0.2, 0.25) is 5.91 Å². The van der Waals surface area contributed by atoms with Gasteiger partial charge in [-0.25, -0.2) is 4.39 Å². The number of amides is 1. The van der Waals surface area contributed by atoms with Gasteiger partial charge >= 0.3 is 0 Å². The van der Waals surface area contributed by atoms with Crippen LogP contribution >= 0.6 is 0 Å². The van der Waals surface area contributed by atoms with E-state index in [9.17, 15) is 19.4 Å². The maximum Gasteiger partial charge on any atom is 0.223 e. The molecule has 22 heavy (non-hydrogen) atoms. The fourth-order valence-corrected chi connectivity index (χ4v) is 2.11. The van der Waals surface area contributed by atoms with Gasteiger partial charge in [-0.2, -0.15) is 0 Å². The number of benzene rings is 2. The molecule has 0 saturated heterocycles. The highest BCUT2D eigenvalue weighted by Gasteiger charge is 2.14. The van der Waals surface area contributed by atoms with Crippen LogP contribution in [0.25, 0.3) is 0 Å². The zero-order valence-electron chi connectivity index (χ0n) is 12.2. The van der Waals surface area contributed by atoms with E-state index in [1.807, 2.05) is 0 Å². The van der Waals surface area contributed by atoms with Crippen molar-refractivity contribution in [3.05, 3.63) is 59.4 Å². The Bertz CT molecular complexity index is 655. The minimum atomic E-state index is -0.310. The fourth-order valence-electron chi connectivity index (χ4n) is 2.11. The Morgan fingerprint density at radius 3 is 2.36 bits per heavy atom. The normalized spacial score (nSPS) is 11.9. The number of halogens is 1. The summed E-state index contributed by atoms with van der Waals surface area (Å²) in [5.41, 5.74) is 1.59. The molecule has 0 bridgehead atoms. The topological polar surface area (TPSA) is 69.6 Å². The summed E-state index contributed by atoms with van der Waals surface area (Å²) >= 11 is 0. The molecule has 0 aromatic heterocycles. The molecule has 116 valence electrons. The summed E-state index contributed by atoms with van der Waals surface area (Å²) in [4.78, 5) is 12.0. The molecular weight excluding hydrogens is 285 g/mol. The van der Waals surface area contributed by atoms with Crippen molar-refractivity contribution in [2.45, 2.75) is 19.9 Å². The summed E-state index contributed by atoms with van der Waals surface area (Å²) in [5.74, 6) is -1.11. The Morgan fingerprint density at radius 1 is 1.09 bits per heavy atom. The molecule has 0 heterocycles. The molecule has 0 spiro atoms. The van der Waals surface area contributed by atoms with Crippen LogP contribution in [0.3, 0.4) is 0 Å². The molecule has 1 unspecified atom stereocenters. The summed E-state index contributed by atoms with van der Waals surface area (Å²) in [6.07, 6.45) is 0.448. The number of phenolic OH excluding ortho intramolecular Hbond substituents is 2. The SMILES string of the molecule is CC(Cc1ccc(O)c(O)c1)C(=O)NCc1ccc(F)cc1. The van der Waals surface area contributed by atoms with Crippen molar-refractivity contribution in [3.8, 4) is 11.5 Å². The van der Waals surface area contributed by atoms with E-state index in [1.54, 1.807) is 25.1 Å². The lowest BCUT2D eigenvalue weighted by Crippen LogP contribution is -2.29. The van der Waals surface area contributed by atoms with E-state index in [2.05, 4.69) is 5.32 Å². The molecule has 0 saturated carbocycles. The van der Waals surface area contributed by atoms with E-state index in [-0.39, 0.29) is 29.1 Å². The highest BCUT2D eigenvalue weighted by Crippen LogP contribution is 2.26. The van der Waals surface area contributed by atoms with Crippen LogP contribution in [0.2, 0.25) is 0 Å². The van der Waals surface area contributed by atoms with Gasteiger partial charge in [0.25, 0.3) is 0 Å². The van der Waals surface area contributed by atoms with Crippen LogP contribution < -0.4 is 5.32 Å². The Balaban J connectivity index is 1.88. The maximum atomic E-state index is 12.8. The first-order valence-electron chi connectivity index (χ1n) is 6.98. The summed E-state index contributed by atoms with van der Waals surface area (Å²) < 4.78 is 12.8. The van der Waals surface area contributed by atoms with Crippen molar-refractivity contribution >= 4 is 5.91 Å². The average molecular weight is 303 g/mol. The largest absolute Gasteiger partial charge is 0.504 e. The molecule has 3 N–H and O–H groups in total. The Kier molecular flexibility index (Phi) is 4.99. The van der Waals surface area contributed by atoms with E-state index < -0.39 is 0 Å². The first-order chi connectivity index (χ1) is 10.5. The van der Waals surface area contributed by atoms with Crippen LogP contribution in [-0.2, 0) is 17.8 Å². The number of carbonyl (C=O) groups excluding carboxylic acids is 1. The third-order valence-electron chi connectivity index (χ3n) is 3.41. The van der Waals surface area contributed by atoms with Gasteiger partial charge in [-0.1, -0.05) is 25.1 Å². The monoisotopic (exact) mass is 303 g/mol. The van der Waals surface area contributed by atoms with E-state index in [0.29, 0.717) is 13.0 Å². The van der Waals surface area contributed by atoms with Gasteiger partial charge in [-0.3, -0.25) is 4.79 Å². The highest BCUT2D eigenvalue weighted by atomic mass is 19.1. The van der Waals surface area contributed by atoms with Crippen molar-refractivity contribution in [2.24, 2.45) is 5.92 Å². The van der Waals surface area contributed by atoms with Gasteiger partial charge in [0.05, 0.1) is 0 Å². The van der Waals surface area contributed by atoms with E-state index in [4.69, 9.17) is 0 Å². The van der Waals surface area contributed by atoms with Gasteiger partial charge < -0.3 is 15.5 Å². The van der Waals surface area contributed by atoms with E-state index in [1.165, 1.54) is 24.3 Å². The van der Waals surface area contributed by atoms with Crippen LogP contribution in [0.1, 0.15) is 18.1 Å². The molecule has 1 amide bonds. The molecular formula is C17H18FNO3. The van der Waals surface area contributed by atoms with E-state index >= 15 is 0 Å². The molecule has 0 aliphatic heterocycles. The molecule has 5 heteroatoms. The molecule has 0 radical (unpaired) electrons. The van der Waals surface area contributed by atoms with Gasteiger partial charge in [-0.05, 0) is 41.8 Å². The van der Waals surface area contributed by atoms with Gasteiger partial charge in [0.1, 0.15) is 5.82 Å². The molecule has 0 aliphatic carbocycles. The average Bonchev–Trinajstić information content (AvgIpc) is 2.50. The summed E-state index contributed by atoms with van der Waals surface area (Å²) in [5, 5.41) is 21.5. The Hall–Kier alpha value is -2.56. The fraction of sp³-hybridized carbons (Fsp3) is 0.235. The number of nitrogens with one attached hydrogen (secondary N) is 1. The lowest BCUT2D eigenvalue weighted by molar-refractivity contribution is -0.124. The van der Waals surface area contributed by atoms with Crippen molar-refractivity contribution in [3.63, 3.8) is 0 Å². The summed E-state index contributed by atoms with van der Waals surface area (Å²) in [7, 11) is 0. The van der Waals surface area contributed by atoms with Crippen molar-refractivity contribution < 1.29 is 19.4 Å². The van der Waals surface area contributed by atoms with Gasteiger partial charge in [0, 0.05) is 12.5 Å². The van der Waals surface area contributed by atoms with Crippen LogP contribution in [0, 0.1) is 11.7 Å². The second kappa shape index (κ2) is 6.93. The van der Waals surface area contributed by atoms with Crippen LogP contribution in [0.5, 0.6) is 11.5 Å². The third kappa shape index (κ3) is 4.22. The minimum absolute atomic E-state index is 0.128. The minimum Gasteiger partial charge on any atom is -0.504 e. The number of aromatic hydroxyl groups is 2. The molecule has 1 atom stereocenters. The van der Waals surface area contributed by atoms with E-state index in [0.717, 1.165) is 11.1 Å². The molecule has 4 nitrogen and oxygen atoms in total. The first kappa shape index (κ1) is 15.8. The molecule has 0 fully saturated rings. The number of carbonyl (C=O) groups is 1. The summed E-state index contributed by atoms with van der Waals surface area (Å²) in [6.45, 7) is 2.12. The first-order valence-corrected chi connectivity index (χ1v) is 6.98. The molecule has 0 aliphatic rings. The zero-order chi connectivity index (χ0) is 16.1. The molecule has 2 aromatic rings. The van der Waals surface area contributed by atoms with Gasteiger partial charge in [-0.15, -0.1) is 0 Å². The number of rotatable bonds is 5. The highest BCUT2D eigenvalue weighted by molar-refractivity contribution is 5.78. The lowest BCUT2D eigenvalue weighted by Gasteiger charge is -2.13. The van der Waals surface area contributed by atoms with Crippen LogP contribution in [0.15, 0.2) is 42.5 Å². The molecule has 2 aromatic carbocycles. The molecule has 2 rings (SSSR count). The number of hydrogen-bond acceptors (Lipinski definition) is 3. The Morgan fingerprint density at radius 2 is 1.73 bits per heavy atom. The number of hydrogen-bond donors (Lipinski definition) is 3. The van der Waals surface area contributed by atoms with Gasteiger partial charge in [0.15, 0.2) is 11.5 Å². The second-order valence-electron chi connectivity index (χ2n) is 5.27. The summed E-state index contributed by atoms with van der Waals surface area (Å²) in [6, 6.07) is 10.5. The smallest absolute Gasteiger partial charge is 0.223 e. The van der Waals surface area contributed by atoms with Crippen molar-refractivity contribution in [1.29, 1.82) is 0 Å². The predicted octanol–water partition coefficient (Wildman–Crippen LogP) is 2.73. The quantitative estimate of drug-likeness (QED) is 0.744. The lowest BCUT2D eigenvalue weighted by atomic mass is 10.00. The van der Waals surface area contributed by atoms with Crippen molar-refractivity contribution in [2.75, 3.05) is 0 Å². The van der Waals surface area contributed by atoms with Crippen molar-refractivity contribution in [1.82, 2.24) is 5.32 Å². The maximum absolute atomic E-state index is 12.8. The number of phenols is 2. The standard InChI is InChI=1S/C17H18FNO3/c1-11(8-13-4-7-15(20)16(21)9-13)17(22)19-10-12-2-5-14(18)6-3-12/h2-7,9,11,20-21H,8,10H2,1H3,(H,19,22).